The van der Waals surface area contributed by atoms with Crippen molar-refractivity contribution in [1.82, 2.24) is 9.88 Å². The first-order valence-electron chi connectivity index (χ1n) is 9.32. The van der Waals surface area contributed by atoms with E-state index in [2.05, 4.69) is 98.4 Å². The van der Waals surface area contributed by atoms with E-state index in [9.17, 15) is 4.79 Å². The number of halogens is 2. The van der Waals surface area contributed by atoms with Crippen LogP contribution in [0.15, 0.2) is 62.9 Å². The molecule has 30 heavy (non-hydrogen) atoms. The van der Waals surface area contributed by atoms with Crippen LogP contribution in [0.3, 0.4) is 0 Å². The highest BCUT2D eigenvalue weighted by atomic mass is 127. The number of amides is 1. The van der Waals surface area contributed by atoms with Crippen molar-refractivity contribution in [2.75, 3.05) is 0 Å². The minimum Gasteiger partial charge on any atom is -0.318 e. The first-order valence-corrected chi connectivity index (χ1v) is 12.0. The molecular formula is C23H19BrIN3OS. The van der Waals surface area contributed by atoms with E-state index in [1.165, 1.54) is 20.9 Å². The van der Waals surface area contributed by atoms with E-state index in [0.717, 1.165) is 32.8 Å². The van der Waals surface area contributed by atoms with Crippen LogP contribution in [0.4, 0.5) is 5.69 Å². The fourth-order valence-electron chi connectivity index (χ4n) is 3.38. The van der Waals surface area contributed by atoms with Crippen molar-refractivity contribution in [1.29, 1.82) is 0 Å². The number of nitrogens with zero attached hydrogens (tertiary/aromatic N) is 2. The summed E-state index contributed by atoms with van der Waals surface area (Å²) in [5, 5.41) is 3.45. The van der Waals surface area contributed by atoms with Crippen LogP contribution < -0.4 is 5.32 Å². The molecule has 1 fully saturated rings. The Labute approximate surface area is 202 Å². The van der Waals surface area contributed by atoms with Crippen LogP contribution in [0.25, 0.3) is 11.8 Å². The van der Waals surface area contributed by atoms with Gasteiger partial charge in [0.1, 0.15) is 0 Å². The zero-order chi connectivity index (χ0) is 21.4. The molecule has 7 heteroatoms. The summed E-state index contributed by atoms with van der Waals surface area (Å²) in [4.78, 5) is 17.7. The van der Waals surface area contributed by atoms with Crippen LogP contribution in [-0.2, 0) is 4.79 Å². The normalized spacial score (nSPS) is 16.5. The van der Waals surface area contributed by atoms with Gasteiger partial charge in [0.25, 0.3) is 5.91 Å². The zero-order valence-electron chi connectivity index (χ0n) is 16.7. The maximum absolute atomic E-state index is 12.5. The molecule has 0 aliphatic carbocycles. The number of thioether (sulfide) groups is 1. The van der Waals surface area contributed by atoms with Crippen LogP contribution >= 0.6 is 50.3 Å². The Balaban J connectivity index is 1.65. The monoisotopic (exact) mass is 591 g/mol. The van der Waals surface area contributed by atoms with Crippen molar-refractivity contribution in [2.24, 2.45) is 4.99 Å². The largest absolute Gasteiger partial charge is 0.318 e. The second-order valence-electron chi connectivity index (χ2n) is 7.06. The number of nitrogens with one attached hydrogen (secondary N) is 1. The lowest BCUT2D eigenvalue weighted by Gasteiger charge is -2.11. The molecule has 2 heterocycles. The molecule has 1 saturated heterocycles. The second kappa shape index (κ2) is 8.72. The number of amidine groups is 1. The predicted octanol–water partition coefficient (Wildman–Crippen LogP) is 6.66. The van der Waals surface area contributed by atoms with Gasteiger partial charge in [0.05, 0.1) is 10.6 Å². The van der Waals surface area contributed by atoms with Crippen LogP contribution in [-0.4, -0.2) is 15.6 Å². The molecule has 4 rings (SSSR count). The van der Waals surface area contributed by atoms with Crippen molar-refractivity contribution < 1.29 is 4.79 Å². The fourth-order valence-corrected chi connectivity index (χ4v) is 4.94. The number of rotatable bonds is 3. The molecule has 152 valence electrons. The lowest BCUT2D eigenvalue weighted by atomic mass is 10.2. The van der Waals surface area contributed by atoms with Crippen molar-refractivity contribution in [3.8, 4) is 5.69 Å². The van der Waals surface area contributed by atoms with Crippen LogP contribution in [0.2, 0.25) is 0 Å². The molecule has 1 amide bonds. The lowest BCUT2D eigenvalue weighted by molar-refractivity contribution is -0.115. The van der Waals surface area contributed by atoms with Crippen molar-refractivity contribution in [2.45, 2.75) is 20.8 Å². The number of aromatic nitrogens is 1. The van der Waals surface area contributed by atoms with Crippen LogP contribution in [0, 0.1) is 24.3 Å². The smallest absolute Gasteiger partial charge is 0.264 e. The Morgan fingerprint density at radius 3 is 2.67 bits per heavy atom. The summed E-state index contributed by atoms with van der Waals surface area (Å²) in [6.07, 6.45) is 1.95. The molecule has 0 saturated carbocycles. The topological polar surface area (TPSA) is 46.4 Å². The van der Waals surface area contributed by atoms with Crippen LogP contribution in [0.5, 0.6) is 0 Å². The van der Waals surface area contributed by atoms with E-state index >= 15 is 0 Å². The molecule has 0 radical (unpaired) electrons. The molecule has 1 aliphatic rings. The number of aryl methyl sites for hydroxylation is 2. The molecule has 0 unspecified atom stereocenters. The Kier molecular flexibility index (Phi) is 6.22. The van der Waals surface area contributed by atoms with Gasteiger partial charge in [-0.1, -0.05) is 22.0 Å². The maximum Gasteiger partial charge on any atom is 0.264 e. The van der Waals surface area contributed by atoms with E-state index in [4.69, 9.17) is 0 Å². The number of hydrogen-bond donors (Lipinski definition) is 1. The summed E-state index contributed by atoms with van der Waals surface area (Å²) in [6.45, 7) is 6.29. The Hall–Kier alpha value is -1.84. The van der Waals surface area contributed by atoms with E-state index in [1.807, 2.05) is 30.3 Å². The summed E-state index contributed by atoms with van der Waals surface area (Å²) in [5.41, 5.74) is 6.44. The van der Waals surface area contributed by atoms with E-state index in [0.29, 0.717) is 10.1 Å². The third-order valence-electron chi connectivity index (χ3n) is 4.85. The summed E-state index contributed by atoms with van der Waals surface area (Å²) in [5.74, 6) is -0.122. The van der Waals surface area contributed by atoms with E-state index < -0.39 is 0 Å². The molecule has 4 nitrogen and oxygen atoms in total. The standard InChI is InChI=1S/C23H19BrIN3OS/c1-13-9-19(7-8-20(13)25)28-14(2)10-16(15(28)3)11-21-22(29)27-23(30-21)26-18-6-4-5-17(24)12-18/h4-12H,1-3H3,(H,26,27,29)/b21-11+. The highest BCUT2D eigenvalue weighted by Crippen LogP contribution is 2.31. The van der Waals surface area contributed by atoms with Crippen LogP contribution in [0.1, 0.15) is 22.5 Å². The van der Waals surface area contributed by atoms with Gasteiger partial charge in [-0.2, -0.15) is 0 Å². The molecule has 3 aromatic rings. The third-order valence-corrected chi connectivity index (χ3v) is 7.46. The van der Waals surface area contributed by atoms with Gasteiger partial charge in [0.2, 0.25) is 0 Å². The fraction of sp³-hybridized carbons (Fsp3) is 0.130. The Morgan fingerprint density at radius 2 is 1.93 bits per heavy atom. The Bertz CT molecular complexity index is 1230. The molecule has 1 aliphatic heterocycles. The zero-order valence-corrected chi connectivity index (χ0v) is 21.2. The first-order chi connectivity index (χ1) is 14.3. The minimum atomic E-state index is -0.122. The molecule has 0 atom stereocenters. The van der Waals surface area contributed by atoms with Gasteiger partial charge in [-0.25, -0.2) is 4.99 Å². The van der Waals surface area contributed by atoms with Crippen molar-refractivity contribution >= 4 is 73.1 Å². The summed E-state index contributed by atoms with van der Waals surface area (Å²) in [6, 6.07) is 16.3. The molecule has 2 aromatic carbocycles. The molecule has 1 N–H and O–H groups in total. The highest BCUT2D eigenvalue weighted by molar-refractivity contribution is 14.1. The van der Waals surface area contributed by atoms with Gasteiger partial charge in [-0.05, 0) is 115 Å². The Morgan fingerprint density at radius 1 is 1.13 bits per heavy atom. The van der Waals surface area contributed by atoms with E-state index in [-0.39, 0.29) is 5.91 Å². The number of carbonyl (C=O) groups excluding carboxylic acids is 1. The SMILES string of the molecule is Cc1cc(-n2c(C)cc(/C=C3/SC(=Nc4cccc(Br)c4)NC3=O)c2C)ccc1I. The van der Waals surface area contributed by atoms with Crippen molar-refractivity contribution in [3.63, 3.8) is 0 Å². The summed E-state index contributed by atoms with van der Waals surface area (Å²) < 4.78 is 4.42. The highest BCUT2D eigenvalue weighted by Gasteiger charge is 2.24. The number of aliphatic imine (C=N–C) groups is 1. The predicted molar refractivity (Wildman–Crippen MR) is 138 cm³/mol. The van der Waals surface area contributed by atoms with Gasteiger partial charge < -0.3 is 9.88 Å². The molecular weight excluding hydrogens is 573 g/mol. The van der Waals surface area contributed by atoms with Gasteiger partial charge in [0.15, 0.2) is 5.17 Å². The number of hydrogen-bond acceptors (Lipinski definition) is 3. The second-order valence-corrected chi connectivity index (χ2v) is 10.2. The minimum absolute atomic E-state index is 0.122. The third kappa shape index (κ3) is 4.43. The average molecular weight is 592 g/mol. The van der Waals surface area contributed by atoms with Gasteiger partial charge in [-0.3, -0.25) is 4.79 Å². The average Bonchev–Trinajstić information content (AvgIpc) is 3.16. The summed E-state index contributed by atoms with van der Waals surface area (Å²) in [7, 11) is 0. The van der Waals surface area contributed by atoms with E-state index in [1.54, 1.807) is 0 Å². The van der Waals surface area contributed by atoms with Gasteiger partial charge >= 0.3 is 0 Å². The lowest BCUT2D eigenvalue weighted by Crippen LogP contribution is -2.19. The van der Waals surface area contributed by atoms with Gasteiger partial charge in [-0.15, -0.1) is 0 Å². The molecule has 1 aromatic heterocycles. The maximum atomic E-state index is 12.5. The van der Waals surface area contributed by atoms with Crippen molar-refractivity contribution in [3.05, 3.63) is 84.0 Å². The number of carbonyl (C=O) groups is 1. The molecule has 0 bridgehead atoms. The number of benzene rings is 2. The quantitative estimate of drug-likeness (QED) is 0.273. The summed E-state index contributed by atoms with van der Waals surface area (Å²) >= 11 is 7.16. The van der Waals surface area contributed by atoms with Gasteiger partial charge in [0, 0.05) is 25.1 Å². The first kappa shape index (κ1) is 21.4. The molecule has 0 spiro atoms.